The number of hydrogen-bond acceptors (Lipinski definition) is 3. The average Bonchev–Trinajstić information content (AvgIpc) is 2.72. The minimum absolute atomic E-state index is 0.0486. The third kappa shape index (κ3) is 12.6. The van der Waals surface area contributed by atoms with Gasteiger partial charge < -0.3 is 9.84 Å². The summed E-state index contributed by atoms with van der Waals surface area (Å²) < 4.78 is 5.95. The quantitative estimate of drug-likeness (QED) is 0.193. The van der Waals surface area contributed by atoms with Gasteiger partial charge >= 0.3 is 11.9 Å². The number of esters is 1. The summed E-state index contributed by atoms with van der Waals surface area (Å²) in [7, 11) is 0. The summed E-state index contributed by atoms with van der Waals surface area (Å²) in [6.45, 7) is 6.80. The molecule has 0 spiro atoms. The molecule has 1 aliphatic rings. The van der Waals surface area contributed by atoms with Crippen LogP contribution in [0, 0.1) is 17.8 Å². The van der Waals surface area contributed by atoms with Gasteiger partial charge in [0.05, 0.1) is 11.8 Å². The predicted octanol–water partition coefficient (Wildman–Crippen LogP) is 7.54. The fourth-order valence-corrected chi connectivity index (χ4v) is 4.53. The standard InChI is InChI=1S/C26H48O4/c1-4-5-6-12-15-24(16-13-10-8-7-9-11-14-21(2)3)30-26(29)23-19-17-22(18-20-23)25(27)28/h21-24H,4-20H2,1-3H3,(H,27,28). The van der Waals surface area contributed by atoms with Gasteiger partial charge in [0.25, 0.3) is 0 Å². The number of carboxylic acid groups (broad SMARTS) is 1. The molecule has 0 radical (unpaired) electrons. The van der Waals surface area contributed by atoms with Crippen LogP contribution in [0.25, 0.3) is 0 Å². The van der Waals surface area contributed by atoms with Crippen molar-refractivity contribution in [2.24, 2.45) is 17.8 Å². The molecule has 1 aliphatic carbocycles. The van der Waals surface area contributed by atoms with E-state index in [0.717, 1.165) is 31.6 Å². The lowest BCUT2D eigenvalue weighted by Gasteiger charge is -2.27. The van der Waals surface area contributed by atoms with Crippen LogP contribution in [0.3, 0.4) is 0 Å². The van der Waals surface area contributed by atoms with Crippen molar-refractivity contribution < 1.29 is 19.4 Å². The lowest BCUT2D eigenvalue weighted by molar-refractivity contribution is -0.158. The summed E-state index contributed by atoms with van der Waals surface area (Å²) in [4.78, 5) is 23.8. The van der Waals surface area contributed by atoms with Crippen LogP contribution >= 0.6 is 0 Å². The van der Waals surface area contributed by atoms with Gasteiger partial charge in [-0.1, -0.05) is 78.6 Å². The van der Waals surface area contributed by atoms with Crippen LogP contribution < -0.4 is 0 Å². The van der Waals surface area contributed by atoms with Crippen LogP contribution in [-0.2, 0) is 14.3 Å². The van der Waals surface area contributed by atoms with Crippen molar-refractivity contribution in [3.63, 3.8) is 0 Å². The Labute approximate surface area is 185 Å². The first kappa shape index (κ1) is 27.0. The second-order valence-electron chi connectivity index (χ2n) is 9.89. The number of aliphatic carboxylic acids is 1. The Kier molecular flexibility index (Phi) is 14.9. The zero-order valence-electron chi connectivity index (χ0n) is 20.0. The van der Waals surface area contributed by atoms with Gasteiger partial charge in [0.2, 0.25) is 0 Å². The van der Waals surface area contributed by atoms with Gasteiger partial charge in [0.15, 0.2) is 0 Å². The summed E-state index contributed by atoms with van der Waals surface area (Å²) >= 11 is 0. The summed E-state index contributed by atoms with van der Waals surface area (Å²) in [6, 6.07) is 0. The maximum atomic E-state index is 12.7. The Hall–Kier alpha value is -1.06. The molecule has 0 heterocycles. The van der Waals surface area contributed by atoms with E-state index in [2.05, 4.69) is 20.8 Å². The third-order valence-electron chi connectivity index (χ3n) is 6.63. The Balaban J connectivity index is 2.30. The van der Waals surface area contributed by atoms with E-state index >= 15 is 0 Å². The van der Waals surface area contributed by atoms with E-state index < -0.39 is 5.97 Å². The minimum Gasteiger partial charge on any atom is -0.481 e. The molecule has 1 N–H and O–H groups in total. The van der Waals surface area contributed by atoms with Gasteiger partial charge in [-0.05, 0) is 57.3 Å². The van der Waals surface area contributed by atoms with Gasteiger partial charge in [0.1, 0.15) is 6.10 Å². The second kappa shape index (κ2) is 16.6. The van der Waals surface area contributed by atoms with Crippen molar-refractivity contribution >= 4 is 11.9 Å². The van der Waals surface area contributed by atoms with Crippen molar-refractivity contribution in [3.8, 4) is 0 Å². The molecule has 0 bridgehead atoms. The van der Waals surface area contributed by atoms with E-state index in [4.69, 9.17) is 9.84 Å². The van der Waals surface area contributed by atoms with E-state index in [9.17, 15) is 9.59 Å². The highest BCUT2D eigenvalue weighted by Crippen LogP contribution is 2.30. The molecule has 1 atom stereocenters. The van der Waals surface area contributed by atoms with E-state index in [1.807, 2.05) is 0 Å². The molecule has 1 rings (SSSR count). The molecule has 4 nitrogen and oxygen atoms in total. The number of carbonyl (C=O) groups is 2. The number of rotatable bonds is 17. The van der Waals surface area contributed by atoms with Crippen LogP contribution in [0.1, 0.15) is 130 Å². The molecule has 1 fully saturated rings. The largest absolute Gasteiger partial charge is 0.481 e. The Bertz CT molecular complexity index is 452. The number of ether oxygens (including phenoxy) is 1. The van der Waals surface area contributed by atoms with Crippen molar-refractivity contribution in [1.29, 1.82) is 0 Å². The normalized spacial score (nSPS) is 20.3. The van der Waals surface area contributed by atoms with E-state index in [1.165, 1.54) is 57.8 Å². The molecule has 176 valence electrons. The van der Waals surface area contributed by atoms with E-state index in [0.29, 0.717) is 25.7 Å². The highest BCUT2D eigenvalue weighted by Gasteiger charge is 2.31. The van der Waals surface area contributed by atoms with Crippen LogP contribution in [-0.4, -0.2) is 23.1 Å². The number of unbranched alkanes of at least 4 members (excludes halogenated alkanes) is 8. The topological polar surface area (TPSA) is 63.6 Å². The maximum absolute atomic E-state index is 12.7. The SMILES string of the molecule is CCCCCCC(CCCCCCCCC(C)C)OC(=O)C1CCC(C(=O)O)CC1. The summed E-state index contributed by atoms with van der Waals surface area (Å²) in [5.74, 6) is -0.362. The first-order valence-corrected chi connectivity index (χ1v) is 12.9. The molecule has 0 aromatic rings. The third-order valence-corrected chi connectivity index (χ3v) is 6.63. The highest BCUT2D eigenvalue weighted by atomic mass is 16.5. The predicted molar refractivity (Wildman–Crippen MR) is 123 cm³/mol. The first-order valence-electron chi connectivity index (χ1n) is 12.9. The molecule has 1 saturated carbocycles. The maximum Gasteiger partial charge on any atom is 0.309 e. The average molecular weight is 425 g/mol. The Morgan fingerprint density at radius 2 is 1.23 bits per heavy atom. The number of carboxylic acids is 1. The minimum atomic E-state index is -0.722. The van der Waals surface area contributed by atoms with Crippen molar-refractivity contribution in [1.82, 2.24) is 0 Å². The lowest BCUT2D eigenvalue weighted by atomic mass is 9.82. The van der Waals surface area contributed by atoms with E-state index in [1.54, 1.807) is 0 Å². The van der Waals surface area contributed by atoms with Gasteiger partial charge in [-0.25, -0.2) is 0 Å². The molecule has 1 unspecified atom stereocenters. The zero-order chi connectivity index (χ0) is 22.2. The summed E-state index contributed by atoms with van der Waals surface area (Å²) in [6.07, 6.45) is 18.3. The molecule has 0 amide bonds. The van der Waals surface area contributed by atoms with Gasteiger partial charge in [0, 0.05) is 0 Å². The monoisotopic (exact) mass is 424 g/mol. The molecule has 0 aromatic heterocycles. The molecule has 0 aliphatic heterocycles. The number of hydrogen-bond donors (Lipinski definition) is 1. The van der Waals surface area contributed by atoms with Crippen molar-refractivity contribution in [3.05, 3.63) is 0 Å². The fraction of sp³-hybridized carbons (Fsp3) is 0.923. The van der Waals surface area contributed by atoms with Gasteiger partial charge in [-0.3, -0.25) is 9.59 Å². The zero-order valence-corrected chi connectivity index (χ0v) is 20.0. The van der Waals surface area contributed by atoms with Crippen LogP contribution in [0.15, 0.2) is 0 Å². The second-order valence-corrected chi connectivity index (χ2v) is 9.89. The number of carbonyl (C=O) groups excluding carboxylic acids is 1. The summed E-state index contributed by atoms with van der Waals surface area (Å²) in [5.41, 5.74) is 0. The van der Waals surface area contributed by atoms with Crippen LogP contribution in [0.2, 0.25) is 0 Å². The Morgan fingerprint density at radius 1 is 0.767 bits per heavy atom. The first-order chi connectivity index (χ1) is 14.4. The molecular weight excluding hydrogens is 376 g/mol. The molecule has 30 heavy (non-hydrogen) atoms. The highest BCUT2D eigenvalue weighted by molar-refractivity contribution is 5.74. The molecular formula is C26H48O4. The van der Waals surface area contributed by atoms with Crippen molar-refractivity contribution in [2.75, 3.05) is 0 Å². The van der Waals surface area contributed by atoms with Crippen molar-refractivity contribution in [2.45, 2.75) is 136 Å². The van der Waals surface area contributed by atoms with Crippen LogP contribution in [0.4, 0.5) is 0 Å². The van der Waals surface area contributed by atoms with Crippen LogP contribution in [0.5, 0.6) is 0 Å². The fourth-order valence-electron chi connectivity index (χ4n) is 4.53. The van der Waals surface area contributed by atoms with Gasteiger partial charge in [-0.15, -0.1) is 0 Å². The molecule has 0 aromatic carbocycles. The summed E-state index contributed by atoms with van der Waals surface area (Å²) in [5, 5.41) is 9.15. The smallest absolute Gasteiger partial charge is 0.309 e. The van der Waals surface area contributed by atoms with Gasteiger partial charge in [-0.2, -0.15) is 0 Å². The van der Waals surface area contributed by atoms with E-state index in [-0.39, 0.29) is 23.9 Å². The Morgan fingerprint density at radius 3 is 1.73 bits per heavy atom. The molecule has 0 saturated heterocycles. The lowest BCUT2D eigenvalue weighted by Crippen LogP contribution is -2.29. The molecule has 4 heteroatoms.